The van der Waals surface area contributed by atoms with E-state index in [0.29, 0.717) is 19.4 Å². The van der Waals surface area contributed by atoms with E-state index in [2.05, 4.69) is 31.9 Å². The second-order valence-electron chi connectivity index (χ2n) is 11.2. The van der Waals surface area contributed by atoms with Crippen molar-refractivity contribution in [3.05, 3.63) is 82.9 Å². The summed E-state index contributed by atoms with van der Waals surface area (Å²) in [4.78, 5) is 0.282. The molecule has 38 heavy (non-hydrogen) atoms. The lowest BCUT2D eigenvalue weighted by atomic mass is 9.69. The van der Waals surface area contributed by atoms with Crippen LogP contribution in [0.3, 0.4) is 0 Å². The molecule has 0 bridgehead atoms. The van der Waals surface area contributed by atoms with Gasteiger partial charge in [-0.05, 0) is 71.9 Å². The summed E-state index contributed by atoms with van der Waals surface area (Å²) in [5.74, 6) is -0.310. The zero-order valence-electron chi connectivity index (χ0n) is 22.0. The van der Waals surface area contributed by atoms with Gasteiger partial charge in [-0.25, -0.2) is 17.5 Å². The highest BCUT2D eigenvalue weighted by molar-refractivity contribution is 7.89. The Hall–Kier alpha value is -2.85. The highest BCUT2D eigenvalue weighted by atomic mass is 32.2. The predicted octanol–water partition coefficient (Wildman–Crippen LogP) is 4.34. The first kappa shape index (κ1) is 26.7. The maximum atomic E-state index is 13.7. The highest BCUT2D eigenvalue weighted by Gasteiger charge is 2.46. The van der Waals surface area contributed by atoms with E-state index in [1.807, 2.05) is 12.1 Å². The van der Waals surface area contributed by atoms with Gasteiger partial charge < -0.3 is 9.84 Å². The van der Waals surface area contributed by atoms with Crippen LogP contribution in [-0.4, -0.2) is 60.5 Å². The van der Waals surface area contributed by atoms with E-state index in [1.54, 1.807) is 39.4 Å². The summed E-state index contributed by atoms with van der Waals surface area (Å²) in [7, 11) is -3.72. The van der Waals surface area contributed by atoms with Crippen LogP contribution in [0, 0.1) is 11.2 Å². The summed E-state index contributed by atoms with van der Waals surface area (Å²) in [5, 5.41) is 13.9. The normalized spacial score (nSPS) is 20.1. The molecule has 1 saturated heterocycles. The number of piperidine rings is 1. The molecule has 2 aromatic carbocycles. The lowest BCUT2D eigenvalue weighted by molar-refractivity contribution is 0.0236. The third kappa shape index (κ3) is 4.96. The number of benzene rings is 2. The summed E-state index contributed by atoms with van der Waals surface area (Å²) in [6, 6.07) is 13.4. The van der Waals surface area contributed by atoms with E-state index in [1.165, 1.54) is 12.1 Å². The number of aromatic nitrogens is 2. The molecule has 202 valence electrons. The molecule has 9 heteroatoms. The van der Waals surface area contributed by atoms with Gasteiger partial charge in [-0.3, -0.25) is 0 Å². The summed E-state index contributed by atoms with van der Waals surface area (Å²) in [6.45, 7) is 7.28. The van der Waals surface area contributed by atoms with Gasteiger partial charge in [0.15, 0.2) is 0 Å². The average molecular weight is 540 g/mol. The zero-order chi connectivity index (χ0) is 27.1. The average Bonchev–Trinajstić information content (AvgIpc) is 3.29. The largest absolute Gasteiger partial charge is 0.394 e. The van der Waals surface area contributed by atoms with Crippen LogP contribution in [0.25, 0.3) is 11.8 Å². The van der Waals surface area contributed by atoms with E-state index < -0.39 is 15.4 Å². The molecule has 1 fully saturated rings. The SMILES string of the molecule is CC(C)(C)c1ccc(S(=O)(=O)N2CCC3=Cc4c(cnn4-c4ccc(F)cc4)C[C@]3(COCCO)C2)cc1. The molecule has 0 amide bonds. The second kappa shape index (κ2) is 10.0. The molecule has 2 heterocycles. The van der Waals surface area contributed by atoms with Crippen molar-refractivity contribution in [1.29, 1.82) is 0 Å². The van der Waals surface area contributed by atoms with Gasteiger partial charge in [-0.2, -0.15) is 9.40 Å². The van der Waals surface area contributed by atoms with Crippen molar-refractivity contribution in [2.75, 3.05) is 32.9 Å². The molecule has 0 unspecified atom stereocenters. The molecule has 0 saturated carbocycles. The van der Waals surface area contributed by atoms with Crippen LogP contribution in [0.5, 0.6) is 0 Å². The Morgan fingerprint density at radius 3 is 2.47 bits per heavy atom. The first-order valence-electron chi connectivity index (χ1n) is 12.9. The predicted molar refractivity (Wildman–Crippen MR) is 144 cm³/mol. The second-order valence-corrected chi connectivity index (χ2v) is 13.1. The topological polar surface area (TPSA) is 84.7 Å². The minimum atomic E-state index is -3.72. The first-order chi connectivity index (χ1) is 18.0. The van der Waals surface area contributed by atoms with Crippen LogP contribution in [0.2, 0.25) is 0 Å². The fraction of sp³-hybridized carbons (Fsp3) is 0.414. The van der Waals surface area contributed by atoms with Gasteiger partial charge in [0, 0.05) is 18.5 Å². The smallest absolute Gasteiger partial charge is 0.243 e. The number of ether oxygens (including phenoxy) is 1. The van der Waals surface area contributed by atoms with Gasteiger partial charge in [-0.1, -0.05) is 38.5 Å². The van der Waals surface area contributed by atoms with E-state index in [-0.39, 0.29) is 42.5 Å². The van der Waals surface area contributed by atoms with E-state index in [0.717, 1.165) is 28.1 Å². The van der Waals surface area contributed by atoms with Crippen LogP contribution in [0.15, 0.2) is 65.2 Å². The third-order valence-electron chi connectivity index (χ3n) is 7.56. The van der Waals surface area contributed by atoms with Gasteiger partial charge in [0.25, 0.3) is 0 Å². The summed E-state index contributed by atoms with van der Waals surface area (Å²) in [6.07, 6.45) is 4.98. The van der Waals surface area contributed by atoms with Crippen molar-refractivity contribution < 1.29 is 22.7 Å². The maximum absolute atomic E-state index is 13.7. The molecular formula is C29H34FN3O4S. The van der Waals surface area contributed by atoms with Crippen LogP contribution in [0.4, 0.5) is 4.39 Å². The van der Waals surface area contributed by atoms with Crippen molar-refractivity contribution in [2.45, 2.75) is 43.9 Å². The van der Waals surface area contributed by atoms with Gasteiger partial charge in [0.05, 0.1) is 42.3 Å². The number of rotatable bonds is 7. The van der Waals surface area contributed by atoms with Crippen molar-refractivity contribution in [3.8, 4) is 5.69 Å². The molecule has 1 aromatic heterocycles. The Labute approximate surface area is 223 Å². The third-order valence-corrected chi connectivity index (χ3v) is 9.42. The number of aliphatic hydroxyl groups excluding tert-OH is 1. The number of fused-ring (bicyclic) bond motifs is 2. The molecule has 0 radical (unpaired) electrons. The monoisotopic (exact) mass is 539 g/mol. The van der Waals surface area contributed by atoms with Gasteiger partial charge >= 0.3 is 0 Å². The molecule has 2 aliphatic rings. The lowest BCUT2D eigenvalue weighted by Crippen LogP contribution is -2.51. The Morgan fingerprint density at radius 1 is 1.11 bits per heavy atom. The first-order valence-corrected chi connectivity index (χ1v) is 14.3. The van der Waals surface area contributed by atoms with Gasteiger partial charge in [0.1, 0.15) is 5.82 Å². The number of sulfonamides is 1. The van der Waals surface area contributed by atoms with Crippen molar-refractivity contribution in [3.63, 3.8) is 0 Å². The minimum Gasteiger partial charge on any atom is -0.394 e. The summed E-state index contributed by atoms with van der Waals surface area (Å²) in [5.41, 5.74) is 4.17. The van der Waals surface area contributed by atoms with E-state index in [4.69, 9.17) is 4.74 Å². The fourth-order valence-electron chi connectivity index (χ4n) is 5.43. The van der Waals surface area contributed by atoms with Crippen LogP contribution < -0.4 is 0 Å². The molecule has 7 nitrogen and oxygen atoms in total. The van der Waals surface area contributed by atoms with Crippen LogP contribution in [0.1, 0.15) is 44.0 Å². The standard InChI is InChI=1S/C29H34FN3O4S/c1-28(2,3)22-4-10-26(11-5-22)38(35,36)32-13-12-23-16-27-21(17-29(23,19-32)20-37-15-14-34)18-31-33(27)25-8-6-24(30)7-9-25/h4-11,16,18,34H,12-15,17,19-20H2,1-3H3/t29-/m1/s1. The highest BCUT2D eigenvalue weighted by Crippen LogP contribution is 2.45. The zero-order valence-corrected chi connectivity index (χ0v) is 22.8. The van der Waals surface area contributed by atoms with Crippen molar-refractivity contribution in [2.24, 2.45) is 5.41 Å². The molecule has 1 N–H and O–H groups in total. The molecule has 1 atom stereocenters. The lowest BCUT2D eigenvalue weighted by Gasteiger charge is -2.45. The molecule has 0 spiro atoms. The minimum absolute atomic E-state index is 0.0701. The Kier molecular flexibility index (Phi) is 7.06. The molecule has 3 aromatic rings. The fourth-order valence-corrected chi connectivity index (χ4v) is 6.95. The number of hydrogen-bond acceptors (Lipinski definition) is 5. The number of aliphatic hydroxyl groups is 1. The maximum Gasteiger partial charge on any atom is 0.243 e. The summed E-state index contributed by atoms with van der Waals surface area (Å²) >= 11 is 0. The van der Waals surface area contributed by atoms with Gasteiger partial charge in [-0.15, -0.1) is 0 Å². The summed E-state index contributed by atoms with van der Waals surface area (Å²) < 4.78 is 50.2. The van der Waals surface area contributed by atoms with E-state index in [9.17, 15) is 17.9 Å². The van der Waals surface area contributed by atoms with Crippen LogP contribution in [-0.2, 0) is 26.6 Å². The quantitative estimate of drug-likeness (QED) is 0.452. The Bertz CT molecular complexity index is 1440. The molecular weight excluding hydrogens is 505 g/mol. The molecule has 5 rings (SSSR count). The van der Waals surface area contributed by atoms with E-state index >= 15 is 0 Å². The van der Waals surface area contributed by atoms with Crippen molar-refractivity contribution >= 4 is 16.1 Å². The van der Waals surface area contributed by atoms with Crippen molar-refractivity contribution in [1.82, 2.24) is 14.1 Å². The number of nitrogens with zero attached hydrogens (tertiary/aromatic N) is 3. The molecule has 1 aliphatic carbocycles. The Morgan fingerprint density at radius 2 is 1.82 bits per heavy atom. The number of hydrogen-bond donors (Lipinski definition) is 1. The van der Waals surface area contributed by atoms with Gasteiger partial charge in [0.2, 0.25) is 10.0 Å². The molecule has 1 aliphatic heterocycles. The van der Waals surface area contributed by atoms with Crippen LogP contribution >= 0.6 is 0 Å². The Balaban J connectivity index is 1.47. The number of halogens is 1.